The summed E-state index contributed by atoms with van der Waals surface area (Å²) in [6.45, 7) is 4.56. The van der Waals surface area contributed by atoms with Gasteiger partial charge in [0, 0.05) is 19.1 Å². The molecule has 1 unspecified atom stereocenters. The van der Waals surface area contributed by atoms with Gasteiger partial charge in [0.2, 0.25) is 5.09 Å². The van der Waals surface area contributed by atoms with Crippen LogP contribution in [0.3, 0.4) is 0 Å². The van der Waals surface area contributed by atoms with Crippen LogP contribution in [0, 0.1) is 0 Å². The minimum Gasteiger partial charge on any atom is -0.447 e. The van der Waals surface area contributed by atoms with E-state index in [-0.39, 0.29) is 11.1 Å². The maximum Gasteiger partial charge on any atom is 0.276 e. The van der Waals surface area contributed by atoms with E-state index in [1.807, 2.05) is 13.8 Å². The molecular formula is C14H24N2O3S. The summed E-state index contributed by atoms with van der Waals surface area (Å²) < 4.78 is 31.7. The van der Waals surface area contributed by atoms with Gasteiger partial charge >= 0.3 is 0 Å². The third kappa shape index (κ3) is 3.62. The quantitative estimate of drug-likeness (QED) is 0.800. The van der Waals surface area contributed by atoms with Crippen molar-refractivity contribution >= 4 is 10.0 Å². The predicted molar refractivity (Wildman–Crippen MR) is 77.9 cm³/mol. The Balaban J connectivity index is 2.04. The van der Waals surface area contributed by atoms with Crippen LogP contribution in [0.4, 0.5) is 0 Å². The van der Waals surface area contributed by atoms with E-state index in [4.69, 9.17) is 4.42 Å². The minimum absolute atomic E-state index is 0.0249. The van der Waals surface area contributed by atoms with Crippen molar-refractivity contribution in [2.45, 2.75) is 63.3 Å². The lowest BCUT2D eigenvalue weighted by Crippen LogP contribution is -2.34. The van der Waals surface area contributed by atoms with Gasteiger partial charge in [0.05, 0.1) is 6.54 Å². The Bertz CT molecular complexity index is 534. The van der Waals surface area contributed by atoms with Gasteiger partial charge in [-0.1, -0.05) is 13.3 Å². The lowest BCUT2D eigenvalue weighted by molar-refractivity contribution is 0.341. The monoisotopic (exact) mass is 300 g/mol. The normalized spacial score (nSPS) is 17.6. The van der Waals surface area contributed by atoms with Crippen LogP contribution in [-0.2, 0) is 16.6 Å². The van der Waals surface area contributed by atoms with Gasteiger partial charge in [0.25, 0.3) is 10.0 Å². The summed E-state index contributed by atoms with van der Waals surface area (Å²) >= 11 is 0. The van der Waals surface area contributed by atoms with Crippen molar-refractivity contribution in [2.75, 3.05) is 7.05 Å². The first-order chi connectivity index (χ1) is 9.45. The van der Waals surface area contributed by atoms with Crippen molar-refractivity contribution in [2.24, 2.45) is 0 Å². The molecule has 114 valence electrons. The van der Waals surface area contributed by atoms with E-state index in [1.165, 1.54) is 17.1 Å². The number of nitrogens with one attached hydrogen (secondary N) is 1. The summed E-state index contributed by atoms with van der Waals surface area (Å²) in [6, 6.07) is 3.84. The second kappa shape index (κ2) is 6.28. The lowest BCUT2D eigenvalue weighted by Gasteiger charge is -2.22. The summed E-state index contributed by atoms with van der Waals surface area (Å²) in [5.41, 5.74) is 0. The van der Waals surface area contributed by atoms with E-state index in [0.717, 1.165) is 12.8 Å². The zero-order chi connectivity index (χ0) is 14.8. The molecule has 0 amide bonds. The maximum atomic E-state index is 12.4. The molecule has 5 nitrogen and oxygen atoms in total. The van der Waals surface area contributed by atoms with E-state index < -0.39 is 10.0 Å². The van der Waals surface area contributed by atoms with E-state index in [0.29, 0.717) is 18.3 Å². The third-order valence-electron chi connectivity index (χ3n) is 3.74. The molecule has 1 saturated carbocycles. The van der Waals surface area contributed by atoms with Crippen molar-refractivity contribution < 1.29 is 12.8 Å². The molecule has 0 bridgehead atoms. The predicted octanol–water partition coefficient (Wildman–Crippen LogP) is 2.34. The molecule has 0 saturated heterocycles. The van der Waals surface area contributed by atoms with Crippen LogP contribution in [0.5, 0.6) is 0 Å². The molecule has 1 N–H and O–H groups in total. The van der Waals surface area contributed by atoms with Crippen LogP contribution in [0.2, 0.25) is 0 Å². The number of nitrogens with zero attached hydrogens (tertiary/aromatic N) is 1. The molecule has 0 radical (unpaired) electrons. The highest BCUT2D eigenvalue weighted by Crippen LogP contribution is 2.23. The number of rotatable bonds is 8. The van der Waals surface area contributed by atoms with Crippen LogP contribution in [0.25, 0.3) is 0 Å². The summed E-state index contributed by atoms with van der Waals surface area (Å²) in [5, 5.41) is 3.35. The van der Waals surface area contributed by atoms with Crippen LogP contribution in [-0.4, -0.2) is 31.9 Å². The summed E-state index contributed by atoms with van der Waals surface area (Å²) in [5.74, 6) is 0.673. The molecule has 1 aliphatic carbocycles. The Morgan fingerprint density at radius 3 is 2.75 bits per heavy atom. The van der Waals surface area contributed by atoms with Gasteiger partial charge < -0.3 is 9.73 Å². The molecule has 0 aliphatic heterocycles. The topological polar surface area (TPSA) is 62.6 Å². The van der Waals surface area contributed by atoms with Crippen LogP contribution >= 0.6 is 0 Å². The summed E-state index contributed by atoms with van der Waals surface area (Å²) in [7, 11) is -1.91. The molecule has 20 heavy (non-hydrogen) atoms. The molecule has 0 spiro atoms. The first-order valence-electron chi connectivity index (χ1n) is 7.25. The smallest absolute Gasteiger partial charge is 0.276 e. The largest absolute Gasteiger partial charge is 0.447 e. The molecule has 1 aromatic rings. The van der Waals surface area contributed by atoms with Crippen LogP contribution in [0.1, 0.15) is 45.3 Å². The Morgan fingerprint density at radius 1 is 1.45 bits per heavy atom. The van der Waals surface area contributed by atoms with Gasteiger partial charge in [-0.3, -0.25) is 0 Å². The standard InChI is InChI=1S/C14H24N2O3S/c1-4-5-11(2)16(3)20(17,18)14-9-8-13(19-14)10-15-12-6-7-12/h8-9,11-12,15H,4-7,10H2,1-3H3. The molecule has 1 fully saturated rings. The molecule has 1 aliphatic rings. The average Bonchev–Trinajstić information content (AvgIpc) is 3.11. The van der Waals surface area contributed by atoms with E-state index in [9.17, 15) is 8.42 Å². The average molecular weight is 300 g/mol. The van der Waals surface area contributed by atoms with E-state index in [1.54, 1.807) is 19.2 Å². The number of hydrogen-bond acceptors (Lipinski definition) is 4. The summed E-state index contributed by atoms with van der Waals surface area (Å²) in [4.78, 5) is 0. The molecule has 1 aromatic heterocycles. The van der Waals surface area contributed by atoms with Crippen LogP contribution < -0.4 is 5.32 Å². The van der Waals surface area contributed by atoms with Crippen molar-refractivity contribution in [3.05, 3.63) is 17.9 Å². The fourth-order valence-electron chi connectivity index (χ4n) is 2.10. The second-order valence-electron chi connectivity index (χ2n) is 5.53. The maximum absolute atomic E-state index is 12.4. The van der Waals surface area contributed by atoms with E-state index >= 15 is 0 Å². The fourth-order valence-corrected chi connectivity index (χ4v) is 3.42. The van der Waals surface area contributed by atoms with E-state index in [2.05, 4.69) is 5.32 Å². The van der Waals surface area contributed by atoms with Gasteiger partial charge in [0.1, 0.15) is 5.76 Å². The highest BCUT2D eigenvalue weighted by Gasteiger charge is 2.28. The Hall–Kier alpha value is -0.850. The van der Waals surface area contributed by atoms with Gasteiger partial charge in [-0.25, -0.2) is 8.42 Å². The first kappa shape index (κ1) is 15.5. The van der Waals surface area contributed by atoms with Crippen LogP contribution in [0.15, 0.2) is 21.6 Å². The number of sulfonamides is 1. The molecule has 0 aromatic carbocycles. The third-order valence-corrected chi connectivity index (χ3v) is 5.59. The Morgan fingerprint density at radius 2 is 2.15 bits per heavy atom. The molecule has 2 rings (SSSR count). The first-order valence-corrected chi connectivity index (χ1v) is 8.69. The Labute approximate surface area is 121 Å². The van der Waals surface area contributed by atoms with Gasteiger partial charge in [0.15, 0.2) is 0 Å². The lowest BCUT2D eigenvalue weighted by atomic mass is 10.2. The zero-order valence-corrected chi connectivity index (χ0v) is 13.2. The highest BCUT2D eigenvalue weighted by molar-refractivity contribution is 7.89. The zero-order valence-electron chi connectivity index (χ0n) is 12.4. The minimum atomic E-state index is -3.52. The van der Waals surface area contributed by atoms with Gasteiger partial charge in [-0.05, 0) is 38.3 Å². The number of hydrogen-bond donors (Lipinski definition) is 1. The number of furan rings is 1. The summed E-state index contributed by atoms with van der Waals surface area (Å²) in [6.07, 6.45) is 4.19. The van der Waals surface area contributed by atoms with Gasteiger partial charge in [-0.2, -0.15) is 4.31 Å². The SMILES string of the molecule is CCCC(C)N(C)S(=O)(=O)c1ccc(CNC2CC2)o1. The Kier molecular flexibility index (Phi) is 4.88. The van der Waals surface area contributed by atoms with Crippen molar-refractivity contribution in [1.29, 1.82) is 0 Å². The van der Waals surface area contributed by atoms with Gasteiger partial charge in [-0.15, -0.1) is 0 Å². The second-order valence-corrected chi connectivity index (χ2v) is 7.46. The van der Waals surface area contributed by atoms with Crippen molar-refractivity contribution in [3.8, 4) is 0 Å². The molecule has 6 heteroatoms. The molecule has 1 atom stereocenters. The van der Waals surface area contributed by atoms with Crippen molar-refractivity contribution in [3.63, 3.8) is 0 Å². The fraction of sp³-hybridized carbons (Fsp3) is 0.714. The van der Waals surface area contributed by atoms with Crippen molar-refractivity contribution in [1.82, 2.24) is 9.62 Å². The molecule has 1 heterocycles. The highest BCUT2D eigenvalue weighted by atomic mass is 32.2. The molecular weight excluding hydrogens is 276 g/mol.